The molecular weight excluding hydrogens is 158 g/mol. The van der Waals surface area contributed by atoms with Gasteiger partial charge in [0.2, 0.25) is 5.91 Å². The van der Waals surface area contributed by atoms with E-state index in [0.717, 1.165) is 0 Å². The van der Waals surface area contributed by atoms with Crippen LogP contribution in [0.25, 0.3) is 0 Å². The van der Waals surface area contributed by atoms with Crippen molar-refractivity contribution in [2.75, 3.05) is 7.11 Å². The number of hydrogen-bond donors (Lipinski definition) is 1. The summed E-state index contributed by atoms with van der Waals surface area (Å²) in [5.74, 6) is -1.28. The number of rotatable bonds is 4. The monoisotopic (exact) mass is 171 g/mol. The molecule has 2 N–H and O–H groups in total. The second-order valence-corrected chi connectivity index (χ2v) is 2.30. The molecule has 0 fully saturated rings. The van der Waals surface area contributed by atoms with E-state index in [1.54, 1.807) is 0 Å². The summed E-state index contributed by atoms with van der Waals surface area (Å²) in [7, 11) is 1.31. The zero-order valence-corrected chi connectivity index (χ0v) is 7.24. The van der Waals surface area contributed by atoms with Gasteiger partial charge in [-0.2, -0.15) is 0 Å². The van der Waals surface area contributed by atoms with Gasteiger partial charge in [0.15, 0.2) is 0 Å². The lowest BCUT2D eigenvalue weighted by atomic mass is 10.1. The number of ether oxygens (including phenoxy) is 1. The molecule has 0 aromatic rings. The highest BCUT2D eigenvalue weighted by atomic mass is 16.5. The minimum absolute atomic E-state index is 0.352. The Labute approximate surface area is 71.4 Å². The van der Waals surface area contributed by atoms with Gasteiger partial charge >= 0.3 is 5.97 Å². The molecule has 0 aromatic heterocycles. The highest BCUT2D eigenvalue weighted by molar-refractivity contribution is 5.87. The van der Waals surface area contributed by atoms with E-state index in [9.17, 15) is 9.59 Å². The Bertz CT molecular complexity index is 198. The first-order valence-corrected chi connectivity index (χ1v) is 3.67. The molecule has 0 bridgehead atoms. The van der Waals surface area contributed by atoms with Crippen LogP contribution in [-0.4, -0.2) is 19.0 Å². The molecule has 0 heterocycles. The number of hydrogen-bond acceptors (Lipinski definition) is 3. The summed E-state index contributed by atoms with van der Waals surface area (Å²) in [6.45, 7) is 1.83. The Hall–Kier alpha value is -1.32. The molecule has 0 aliphatic carbocycles. The van der Waals surface area contributed by atoms with Crippen LogP contribution in [0.3, 0.4) is 0 Å². The number of esters is 1. The first-order valence-electron chi connectivity index (χ1n) is 3.67. The lowest BCUT2D eigenvalue weighted by Crippen LogP contribution is -2.14. The lowest BCUT2D eigenvalue weighted by molar-refractivity contribution is -0.143. The van der Waals surface area contributed by atoms with E-state index in [0.29, 0.717) is 6.42 Å². The minimum Gasteiger partial charge on any atom is -0.469 e. The number of amides is 1. The number of primary amides is 1. The summed E-state index contributed by atoms with van der Waals surface area (Å²) in [6, 6.07) is 0. The first-order chi connectivity index (χ1) is 5.61. The van der Waals surface area contributed by atoms with Gasteiger partial charge in [-0.05, 0) is 12.5 Å². The summed E-state index contributed by atoms with van der Waals surface area (Å²) < 4.78 is 4.49. The molecule has 0 spiro atoms. The fraction of sp³-hybridized carbons (Fsp3) is 0.500. The van der Waals surface area contributed by atoms with Crippen molar-refractivity contribution in [1.82, 2.24) is 0 Å². The topological polar surface area (TPSA) is 69.4 Å². The maximum absolute atomic E-state index is 10.9. The van der Waals surface area contributed by atoms with Gasteiger partial charge in [0.1, 0.15) is 0 Å². The molecule has 0 saturated heterocycles. The third-order valence-electron chi connectivity index (χ3n) is 1.44. The van der Waals surface area contributed by atoms with Gasteiger partial charge in [0, 0.05) is 0 Å². The smallest absolute Gasteiger partial charge is 0.312 e. The minimum atomic E-state index is -0.558. The van der Waals surface area contributed by atoms with Gasteiger partial charge in [-0.3, -0.25) is 9.59 Å². The van der Waals surface area contributed by atoms with E-state index in [1.807, 2.05) is 6.92 Å². The summed E-state index contributed by atoms with van der Waals surface area (Å²) in [4.78, 5) is 21.2. The fourth-order valence-corrected chi connectivity index (χ4v) is 0.744. The molecule has 1 atom stereocenters. The van der Waals surface area contributed by atoms with Crippen molar-refractivity contribution in [3.05, 3.63) is 12.2 Å². The normalized spacial score (nSPS) is 12.8. The summed E-state index contributed by atoms with van der Waals surface area (Å²) in [5.41, 5.74) is 4.86. The highest BCUT2D eigenvalue weighted by Crippen LogP contribution is 2.05. The van der Waals surface area contributed by atoms with Gasteiger partial charge < -0.3 is 10.5 Å². The molecule has 12 heavy (non-hydrogen) atoms. The van der Waals surface area contributed by atoms with E-state index in [-0.39, 0.29) is 11.9 Å². The van der Waals surface area contributed by atoms with Crippen LogP contribution in [0.15, 0.2) is 12.2 Å². The van der Waals surface area contributed by atoms with Crippen molar-refractivity contribution in [3.63, 3.8) is 0 Å². The van der Waals surface area contributed by atoms with E-state index in [4.69, 9.17) is 5.73 Å². The van der Waals surface area contributed by atoms with Gasteiger partial charge in [0.25, 0.3) is 0 Å². The van der Waals surface area contributed by atoms with E-state index in [2.05, 4.69) is 4.74 Å². The molecule has 0 aliphatic heterocycles. The van der Waals surface area contributed by atoms with Gasteiger partial charge in [-0.1, -0.05) is 13.0 Å². The van der Waals surface area contributed by atoms with E-state index in [1.165, 1.54) is 19.3 Å². The highest BCUT2D eigenvalue weighted by Gasteiger charge is 2.12. The fourth-order valence-electron chi connectivity index (χ4n) is 0.744. The third kappa shape index (κ3) is 3.75. The maximum Gasteiger partial charge on any atom is 0.312 e. The average molecular weight is 171 g/mol. The van der Waals surface area contributed by atoms with Crippen molar-refractivity contribution < 1.29 is 14.3 Å². The van der Waals surface area contributed by atoms with Crippen molar-refractivity contribution in [1.29, 1.82) is 0 Å². The summed E-state index contributed by atoms with van der Waals surface area (Å²) in [5, 5.41) is 0. The van der Waals surface area contributed by atoms with Crippen molar-refractivity contribution in [2.24, 2.45) is 11.7 Å². The van der Waals surface area contributed by atoms with Crippen LogP contribution in [-0.2, 0) is 14.3 Å². The molecule has 1 unspecified atom stereocenters. The van der Waals surface area contributed by atoms with Gasteiger partial charge in [-0.15, -0.1) is 0 Å². The van der Waals surface area contributed by atoms with Gasteiger partial charge in [-0.25, -0.2) is 0 Å². The second kappa shape index (κ2) is 5.35. The number of carbonyl (C=O) groups is 2. The Morgan fingerprint density at radius 3 is 2.50 bits per heavy atom. The molecule has 0 aromatic carbocycles. The van der Waals surface area contributed by atoms with Crippen LogP contribution in [0.1, 0.15) is 13.3 Å². The van der Waals surface area contributed by atoms with Crippen LogP contribution in [0.2, 0.25) is 0 Å². The largest absolute Gasteiger partial charge is 0.469 e. The number of carbonyl (C=O) groups excluding carboxylic acids is 2. The molecule has 0 aliphatic rings. The standard InChI is InChI=1S/C8H13NO3/c1-3-6(8(11)12-2)4-5-7(9)10/h4-6H,3H2,1-2H3,(H2,9,10). The SMILES string of the molecule is CCC(C=CC(N)=O)C(=O)OC. The molecule has 0 rings (SSSR count). The Morgan fingerprint density at radius 2 is 2.17 bits per heavy atom. The van der Waals surface area contributed by atoms with Crippen LogP contribution < -0.4 is 5.73 Å². The zero-order valence-electron chi connectivity index (χ0n) is 7.24. The van der Waals surface area contributed by atoms with Crippen molar-refractivity contribution in [2.45, 2.75) is 13.3 Å². The summed E-state index contributed by atoms with van der Waals surface area (Å²) in [6.07, 6.45) is 3.22. The summed E-state index contributed by atoms with van der Waals surface area (Å²) >= 11 is 0. The predicted molar refractivity (Wildman–Crippen MR) is 44.1 cm³/mol. The van der Waals surface area contributed by atoms with E-state index < -0.39 is 5.91 Å². The van der Waals surface area contributed by atoms with Crippen LogP contribution in [0.4, 0.5) is 0 Å². The van der Waals surface area contributed by atoms with Crippen molar-refractivity contribution in [3.8, 4) is 0 Å². The lowest BCUT2D eigenvalue weighted by Gasteiger charge is -2.05. The Kier molecular flexibility index (Phi) is 4.76. The Morgan fingerprint density at radius 1 is 1.58 bits per heavy atom. The quantitative estimate of drug-likeness (QED) is 0.486. The maximum atomic E-state index is 10.9. The first kappa shape index (κ1) is 10.7. The average Bonchev–Trinajstić information content (AvgIpc) is 2.04. The van der Waals surface area contributed by atoms with Crippen LogP contribution >= 0.6 is 0 Å². The molecule has 68 valence electrons. The molecule has 0 saturated carbocycles. The van der Waals surface area contributed by atoms with E-state index >= 15 is 0 Å². The zero-order chi connectivity index (χ0) is 9.56. The molecule has 1 amide bonds. The van der Waals surface area contributed by atoms with Crippen molar-refractivity contribution >= 4 is 11.9 Å². The molecule has 0 radical (unpaired) electrons. The third-order valence-corrected chi connectivity index (χ3v) is 1.44. The van der Waals surface area contributed by atoms with Crippen LogP contribution in [0, 0.1) is 5.92 Å². The number of methoxy groups -OCH3 is 1. The molecule has 4 heteroatoms. The molecular formula is C8H13NO3. The predicted octanol–water partition coefficient (Wildman–Crippen LogP) is 0.227. The second-order valence-electron chi connectivity index (χ2n) is 2.30. The van der Waals surface area contributed by atoms with Crippen LogP contribution in [0.5, 0.6) is 0 Å². The molecule has 4 nitrogen and oxygen atoms in total. The Balaban J connectivity index is 4.17. The number of nitrogens with two attached hydrogens (primary N) is 1. The van der Waals surface area contributed by atoms with Gasteiger partial charge in [0.05, 0.1) is 13.0 Å².